The summed E-state index contributed by atoms with van der Waals surface area (Å²) in [4.78, 5) is 1.17. The van der Waals surface area contributed by atoms with Crippen molar-refractivity contribution in [2.24, 2.45) is 11.8 Å². The average molecular weight is 408 g/mol. The summed E-state index contributed by atoms with van der Waals surface area (Å²) < 4.78 is 85.1. The summed E-state index contributed by atoms with van der Waals surface area (Å²) in [6.07, 6.45) is -12.2. The lowest BCUT2D eigenvalue weighted by Gasteiger charge is -2.36. The molecular weight excluding hydrogens is 390 g/mol. The summed E-state index contributed by atoms with van der Waals surface area (Å²) in [7, 11) is 0. The van der Waals surface area contributed by atoms with E-state index in [1.807, 2.05) is 0 Å². The zero-order valence-electron chi connectivity index (χ0n) is 14.8. The van der Waals surface area contributed by atoms with Crippen molar-refractivity contribution in [2.75, 3.05) is 18.1 Å². The number of nitrogens with zero attached hydrogens (tertiary/aromatic N) is 2. The van der Waals surface area contributed by atoms with Gasteiger partial charge in [-0.15, -0.1) is 0 Å². The Morgan fingerprint density at radius 3 is 2.50 bits per heavy atom. The number of fused-ring (bicyclic) bond motifs is 1. The first-order valence-corrected chi connectivity index (χ1v) is 8.68. The lowest BCUT2D eigenvalue weighted by molar-refractivity contribution is -0.215. The second-order valence-corrected chi connectivity index (χ2v) is 7.27. The molecule has 5 atom stereocenters. The van der Waals surface area contributed by atoms with Gasteiger partial charge < -0.3 is 14.7 Å². The van der Waals surface area contributed by atoms with Crippen LogP contribution < -0.4 is 4.90 Å². The standard InChI is InChI=1S/C18H18F6N2O2/c1-9-4-11-7-26(15(13(11)8-28-9)16(27)18(22,23)24)12-3-2-10(6-25)14(5-12)17(19,20)21/h2-3,5,9,11,13,15-16,27H,4,7-8H2,1H3/t9-,11-,13-,15?,16+/m0/s1. The Bertz CT molecular complexity index is 773. The highest BCUT2D eigenvalue weighted by molar-refractivity contribution is 5.56. The van der Waals surface area contributed by atoms with Crippen LogP contribution in [0.15, 0.2) is 18.2 Å². The number of rotatable bonds is 2. The highest BCUT2D eigenvalue weighted by atomic mass is 19.4. The van der Waals surface area contributed by atoms with Crippen LogP contribution in [0.5, 0.6) is 0 Å². The molecule has 0 radical (unpaired) electrons. The van der Waals surface area contributed by atoms with Crippen molar-refractivity contribution < 1.29 is 36.2 Å². The Hall–Kier alpha value is -1.99. The van der Waals surface area contributed by atoms with E-state index in [1.165, 1.54) is 17.0 Å². The molecule has 2 aliphatic rings. The fraction of sp³-hybridized carbons (Fsp3) is 0.611. The Labute approximate surface area is 157 Å². The van der Waals surface area contributed by atoms with Crippen LogP contribution in [0.4, 0.5) is 32.0 Å². The first kappa shape index (κ1) is 20.7. The summed E-state index contributed by atoms with van der Waals surface area (Å²) >= 11 is 0. The molecular formula is C18H18F6N2O2. The highest BCUT2D eigenvalue weighted by Crippen LogP contribution is 2.45. The SMILES string of the molecule is C[C@H]1C[C@H]2CN(c3ccc(C#N)c(C(F)(F)F)c3)C([C@@H](O)C(F)(F)F)[C@H]2CO1. The second-order valence-electron chi connectivity index (χ2n) is 7.27. The maximum absolute atomic E-state index is 13.3. The minimum atomic E-state index is -4.93. The molecule has 10 heteroatoms. The number of hydrogen-bond donors (Lipinski definition) is 1. The van der Waals surface area contributed by atoms with Gasteiger partial charge in [-0.05, 0) is 37.5 Å². The smallest absolute Gasteiger partial charge is 0.382 e. The predicted octanol–water partition coefficient (Wildman–Crippen LogP) is 3.73. The third-order valence-corrected chi connectivity index (χ3v) is 5.46. The van der Waals surface area contributed by atoms with E-state index in [-0.39, 0.29) is 30.9 Å². The molecule has 0 bridgehead atoms. The van der Waals surface area contributed by atoms with Crippen LogP contribution in [0.1, 0.15) is 24.5 Å². The molecule has 1 N–H and O–H groups in total. The van der Waals surface area contributed by atoms with Gasteiger partial charge in [-0.25, -0.2) is 0 Å². The minimum Gasteiger partial charge on any atom is -0.382 e. The van der Waals surface area contributed by atoms with Crippen molar-refractivity contribution in [3.63, 3.8) is 0 Å². The summed E-state index contributed by atoms with van der Waals surface area (Å²) in [5.74, 6) is -0.923. The molecule has 1 aromatic carbocycles. The third-order valence-electron chi connectivity index (χ3n) is 5.46. The molecule has 2 aliphatic heterocycles. The van der Waals surface area contributed by atoms with Crippen molar-refractivity contribution in [1.29, 1.82) is 5.26 Å². The Morgan fingerprint density at radius 2 is 1.93 bits per heavy atom. The van der Waals surface area contributed by atoms with E-state index in [4.69, 9.17) is 10.00 Å². The Balaban J connectivity index is 2.04. The van der Waals surface area contributed by atoms with E-state index >= 15 is 0 Å². The van der Waals surface area contributed by atoms with Crippen molar-refractivity contribution >= 4 is 5.69 Å². The maximum atomic E-state index is 13.3. The molecule has 3 rings (SSSR count). The van der Waals surface area contributed by atoms with Crippen LogP contribution in [-0.4, -0.2) is 42.7 Å². The van der Waals surface area contributed by atoms with Gasteiger partial charge >= 0.3 is 12.4 Å². The minimum absolute atomic E-state index is 0.0114. The van der Waals surface area contributed by atoms with Gasteiger partial charge in [0.25, 0.3) is 0 Å². The quantitative estimate of drug-likeness (QED) is 0.758. The Morgan fingerprint density at radius 1 is 1.25 bits per heavy atom. The van der Waals surface area contributed by atoms with Gasteiger partial charge in [0.1, 0.15) is 0 Å². The van der Waals surface area contributed by atoms with Crippen LogP contribution in [0.3, 0.4) is 0 Å². The van der Waals surface area contributed by atoms with E-state index in [0.717, 1.165) is 6.07 Å². The summed E-state index contributed by atoms with van der Waals surface area (Å²) in [5, 5.41) is 18.9. The van der Waals surface area contributed by atoms with E-state index in [1.54, 1.807) is 6.92 Å². The van der Waals surface area contributed by atoms with Crippen LogP contribution in [-0.2, 0) is 10.9 Å². The van der Waals surface area contributed by atoms with Crippen LogP contribution in [0.25, 0.3) is 0 Å². The molecule has 1 aromatic rings. The zero-order chi connectivity index (χ0) is 20.9. The zero-order valence-corrected chi connectivity index (χ0v) is 14.8. The van der Waals surface area contributed by atoms with Gasteiger partial charge in [0.05, 0.1) is 35.9 Å². The largest absolute Gasteiger partial charge is 0.417 e. The second kappa shape index (κ2) is 7.12. The summed E-state index contributed by atoms with van der Waals surface area (Å²) in [6, 6.07) is 2.78. The van der Waals surface area contributed by atoms with E-state index < -0.39 is 41.5 Å². The third kappa shape index (κ3) is 3.78. The molecule has 2 heterocycles. The summed E-state index contributed by atoms with van der Waals surface area (Å²) in [5.41, 5.74) is -1.94. The first-order valence-electron chi connectivity index (χ1n) is 8.68. The van der Waals surface area contributed by atoms with Gasteiger partial charge in [0.2, 0.25) is 0 Å². The van der Waals surface area contributed by atoms with Gasteiger partial charge in [-0.1, -0.05) is 0 Å². The monoisotopic (exact) mass is 408 g/mol. The first-order chi connectivity index (χ1) is 12.9. The number of anilines is 1. The fourth-order valence-electron chi connectivity index (χ4n) is 4.19. The molecule has 154 valence electrons. The number of ether oxygens (including phenoxy) is 1. The van der Waals surface area contributed by atoms with Crippen LogP contribution in [0, 0.1) is 23.2 Å². The van der Waals surface area contributed by atoms with Crippen molar-refractivity contribution in [2.45, 2.75) is 43.9 Å². The number of aliphatic hydroxyl groups excluding tert-OH is 1. The molecule has 4 nitrogen and oxygen atoms in total. The summed E-state index contributed by atoms with van der Waals surface area (Å²) in [6.45, 7) is 1.83. The molecule has 28 heavy (non-hydrogen) atoms. The molecule has 0 aromatic heterocycles. The molecule has 0 aliphatic carbocycles. The fourth-order valence-corrected chi connectivity index (χ4v) is 4.19. The van der Waals surface area contributed by atoms with Gasteiger partial charge in [0.15, 0.2) is 6.10 Å². The molecule has 2 fully saturated rings. The number of halogens is 6. The number of benzene rings is 1. The number of aliphatic hydroxyl groups is 1. The molecule has 2 saturated heterocycles. The van der Waals surface area contributed by atoms with Crippen molar-refractivity contribution in [1.82, 2.24) is 0 Å². The highest BCUT2D eigenvalue weighted by Gasteiger charge is 2.55. The van der Waals surface area contributed by atoms with Gasteiger partial charge in [-0.3, -0.25) is 0 Å². The van der Waals surface area contributed by atoms with E-state index in [9.17, 15) is 31.4 Å². The van der Waals surface area contributed by atoms with Gasteiger partial charge in [0, 0.05) is 18.2 Å². The lowest BCUT2D eigenvalue weighted by atomic mass is 9.83. The normalized spacial score (nSPS) is 29.3. The molecule has 0 amide bonds. The molecule has 1 unspecified atom stereocenters. The number of hydrogen-bond acceptors (Lipinski definition) is 4. The van der Waals surface area contributed by atoms with Crippen LogP contribution >= 0.6 is 0 Å². The van der Waals surface area contributed by atoms with Crippen molar-refractivity contribution in [3.8, 4) is 6.07 Å². The maximum Gasteiger partial charge on any atom is 0.417 e. The Kier molecular flexibility index (Phi) is 5.27. The predicted molar refractivity (Wildman–Crippen MR) is 86.4 cm³/mol. The molecule has 0 spiro atoms. The number of nitriles is 1. The van der Waals surface area contributed by atoms with Crippen LogP contribution in [0.2, 0.25) is 0 Å². The van der Waals surface area contributed by atoms with Gasteiger partial charge in [-0.2, -0.15) is 31.6 Å². The number of alkyl halides is 6. The van der Waals surface area contributed by atoms with Crippen molar-refractivity contribution in [3.05, 3.63) is 29.3 Å². The van der Waals surface area contributed by atoms with E-state index in [0.29, 0.717) is 12.5 Å². The lowest BCUT2D eigenvalue weighted by Crippen LogP contribution is -2.51. The van der Waals surface area contributed by atoms with E-state index in [2.05, 4.69) is 0 Å². The average Bonchev–Trinajstić information content (AvgIpc) is 2.97. The molecule has 0 saturated carbocycles. The topological polar surface area (TPSA) is 56.5 Å².